The van der Waals surface area contributed by atoms with E-state index in [-0.39, 0.29) is 0 Å². The third-order valence-corrected chi connectivity index (χ3v) is 3.31. The maximum Gasteiger partial charge on any atom is 0.0145 e. The van der Waals surface area contributed by atoms with Crippen LogP contribution in [0.3, 0.4) is 0 Å². The molecule has 0 aromatic heterocycles. The highest BCUT2D eigenvalue weighted by atomic mass is 14.9. The van der Waals surface area contributed by atoms with E-state index in [0.717, 1.165) is 19.4 Å². The minimum atomic E-state index is 0.314. The summed E-state index contributed by atoms with van der Waals surface area (Å²) < 4.78 is 0. The average Bonchev–Trinajstić information content (AvgIpc) is 2.15. The number of hydrogen-bond acceptors (Lipinski definition) is 2. The van der Waals surface area contributed by atoms with Crippen LogP contribution in [0.2, 0.25) is 0 Å². The normalized spacial score (nSPS) is 28.8. The Balaban J connectivity index is 2.72. The molecule has 0 spiro atoms. The molecule has 0 aromatic carbocycles. The van der Waals surface area contributed by atoms with E-state index in [4.69, 9.17) is 5.73 Å². The van der Waals surface area contributed by atoms with Crippen LogP contribution in [0.1, 0.15) is 33.6 Å². The van der Waals surface area contributed by atoms with Crippen LogP contribution in [0.25, 0.3) is 0 Å². The smallest absolute Gasteiger partial charge is 0.0145 e. The van der Waals surface area contributed by atoms with E-state index in [1.165, 1.54) is 0 Å². The lowest BCUT2D eigenvalue weighted by molar-refractivity contribution is 0.329. The van der Waals surface area contributed by atoms with E-state index < -0.39 is 0 Å². The van der Waals surface area contributed by atoms with Gasteiger partial charge in [0.15, 0.2) is 0 Å². The second-order valence-electron chi connectivity index (χ2n) is 5.31. The highest BCUT2D eigenvalue weighted by Gasteiger charge is 2.28. The summed E-state index contributed by atoms with van der Waals surface area (Å²) in [6.45, 7) is 7.65. The van der Waals surface area contributed by atoms with Crippen molar-refractivity contribution in [3.8, 4) is 0 Å². The average molecular weight is 196 g/mol. The molecule has 82 valence electrons. The topological polar surface area (TPSA) is 38.0 Å². The first kappa shape index (κ1) is 11.7. The van der Waals surface area contributed by atoms with Crippen molar-refractivity contribution in [2.75, 3.05) is 13.6 Å². The van der Waals surface area contributed by atoms with Crippen molar-refractivity contribution in [2.45, 2.75) is 39.7 Å². The second kappa shape index (κ2) is 4.45. The van der Waals surface area contributed by atoms with Crippen LogP contribution >= 0.6 is 0 Å². The minimum absolute atomic E-state index is 0.314. The van der Waals surface area contributed by atoms with Gasteiger partial charge in [-0.05, 0) is 37.8 Å². The summed E-state index contributed by atoms with van der Waals surface area (Å²) >= 11 is 0. The van der Waals surface area contributed by atoms with Crippen LogP contribution in [0.4, 0.5) is 0 Å². The molecule has 0 saturated carbocycles. The Kier molecular flexibility index (Phi) is 3.73. The molecule has 0 saturated heterocycles. The van der Waals surface area contributed by atoms with Crippen LogP contribution < -0.4 is 11.1 Å². The van der Waals surface area contributed by atoms with E-state index in [1.54, 1.807) is 5.57 Å². The number of hydrogen-bond donors (Lipinski definition) is 2. The summed E-state index contributed by atoms with van der Waals surface area (Å²) in [5, 5.41) is 3.39. The van der Waals surface area contributed by atoms with Gasteiger partial charge in [0, 0.05) is 6.04 Å². The summed E-state index contributed by atoms with van der Waals surface area (Å²) in [5.41, 5.74) is 7.64. The zero-order chi connectivity index (χ0) is 10.8. The van der Waals surface area contributed by atoms with Gasteiger partial charge >= 0.3 is 0 Å². The first-order valence-electron chi connectivity index (χ1n) is 5.56. The molecule has 0 fully saturated rings. The van der Waals surface area contributed by atoms with Crippen molar-refractivity contribution in [2.24, 2.45) is 17.1 Å². The number of rotatable bonds is 2. The Bertz CT molecular complexity index is 213. The Labute approximate surface area is 87.9 Å². The van der Waals surface area contributed by atoms with Gasteiger partial charge in [-0.1, -0.05) is 32.4 Å². The lowest BCUT2D eigenvalue weighted by Crippen LogP contribution is -2.41. The summed E-state index contributed by atoms with van der Waals surface area (Å²) in [6, 6.07) is 0.569. The highest BCUT2D eigenvalue weighted by Crippen LogP contribution is 2.34. The molecule has 2 unspecified atom stereocenters. The fourth-order valence-electron chi connectivity index (χ4n) is 2.16. The molecule has 2 nitrogen and oxygen atoms in total. The van der Waals surface area contributed by atoms with Gasteiger partial charge in [0.2, 0.25) is 0 Å². The van der Waals surface area contributed by atoms with Gasteiger partial charge in [-0.2, -0.15) is 0 Å². The van der Waals surface area contributed by atoms with Crippen molar-refractivity contribution in [3.05, 3.63) is 11.6 Å². The molecule has 0 heterocycles. The van der Waals surface area contributed by atoms with Crippen molar-refractivity contribution in [1.82, 2.24) is 5.32 Å². The first-order chi connectivity index (χ1) is 6.49. The number of allylic oxidation sites excluding steroid dienone is 1. The molecule has 2 atom stereocenters. The highest BCUT2D eigenvalue weighted by molar-refractivity contribution is 5.17. The maximum atomic E-state index is 5.75. The molecule has 3 N–H and O–H groups in total. The lowest BCUT2D eigenvalue weighted by atomic mass is 9.75. The second-order valence-corrected chi connectivity index (χ2v) is 5.31. The Hall–Kier alpha value is -0.340. The SMILES string of the molecule is CNC1CC(C(C)(C)C)=CCC1CN. The van der Waals surface area contributed by atoms with Gasteiger partial charge in [0.1, 0.15) is 0 Å². The molecule has 14 heavy (non-hydrogen) atoms. The molecular formula is C12H24N2. The van der Waals surface area contributed by atoms with E-state index >= 15 is 0 Å². The van der Waals surface area contributed by atoms with E-state index in [2.05, 4.69) is 32.2 Å². The molecule has 0 aliphatic heterocycles. The Morgan fingerprint density at radius 2 is 2.14 bits per heavy atom. The van der Waals surface area contributed by atoms with Crippen molar-refractivity contribution in [3.63, 3.8) is 0 Å². The van der Waals surface area contributed by atoms with Gasteiger partial charge in [0.25, 0.3) is 0 Å². The fraction of sp³-hybridized carbons (Fsp3) is 0.833. The lowest BCUT2D eigenvalue weighted by Gasteiger charge is -2.35. The maximum absolute atomic E-state index is 5.75. The van der Waals surface area contributed by atoms with Crippen LogP contribution in [0, 0.1) is 11.3 Å². The number of nitrogens with two attached hydrogens (primary N) is 1. The molecule has 0 bridgehead atoms. The predicted molar refractivity (Wildman–Crippen MR) is 62.2 cm³/mol. The van der Waals surface area contributed by atoms with E-state index in [9.17, 15) is 0 Å². The van der Waals surface area contributed by atoms with E-state index in [0.29, 0.717) is 17.4 Å². The molecule has 1 aliphatic rings. The van der Waals surface area contributed by atoms with Gasteiger partial charge in [0.05, 0.1) is 0 Å². The van der Waals surface area contributed by atoms with Gasteiger partial charge in [-0.3, -0.25) is 0 Å². The van der Waals surface area contributed by atoms with Crippen molar-refractivity contribution >= 4 is 0 Å². The van der Waals surface area contributed by atoms with Gasteiger partial charge in [-0.25, -0.2) is 0 Å². The molecule has 1 aliphatic carbocycles. The zero-order valence-electron chi connectivity index (χ0n) is 9.93. The van der Waals surface area contributed by atoms with Crippen LogP contribution in [-0.4, -0.2) is 19.6 Å². The van der Waals surface area contributed by atoms with Crippen molar-refractivity contribution in [1.29, 1.82) is 0 Å². The van der Waals surface area contributed by atoms with Gasteiger partial charge < -0.3 is 11.1 Å². The fourth-order valence-corrected chi connectivity index (χ4v) is 2.16. The predicted octanol–water partition coefficient (Wildman–Crippen LogP) is 1.92. The Morgan fingerprint density at radius 3 is 2.57 bits per heavy atom. The molecule has 0 radical (unpaired) electrons. The third kappa shape index (κ3) is 2.58. The Morgan fingerprint density at radius 1 is 1.50 bits per heavy atom. The number of nitrogens with one attached hydrogen (secondary N) is 1. The summed E-state index contributed by atoms with van der Waals surface area (Å²) in [5.74, 6) is 0.617. The molecule has 0 aromatic rings. The van der Waals surface area contributed by atoms with Crippen molar-refractivity contribution < 1.29 is 0 Å². The van der Waals surface area contributed by atoms with Crippen LogP contribution in [0.5, 0.6) is 0 Å². The standard InChI is InChI=1S/C12H24N2/c1-12(2,3)10-6-5-9(8-13)11(7-10)14-4/h6,9,11,14H,5,7-8,13H2,1-4H3. The molecule has 1 rings (SSSR count). The minimum Gasteiger partial charge on any atom is -0.330 e. The first-order valence-corrected chi connectivity index (χ1v) is 5.56. The monoisotopic (exact) mass is 196 g/mol. The van der Waals surface area contributed by atoms with Crippen LogP contribution in [-0.2, 0) is 0 Å². The van der Waals surface area contributed by atoms with E-state index in [1.807, 2.05) is 7.05 Å². The third-order valence-electron chi connectivity index (χ3n) is 3.31. The van der Waals surface area contributed by atoms with Gasteiger partial charge in [-0.15, -0.1) is 0 Å². The quantitative estimate of drug-likeness (QED) is 0.662. The largest absolute Gasteiger partial charge is 0.330 e. The molecule has 0 amide bonds. The summed E-state index contributed by atoms with van der Waals surface area (Å²) in [4.78, 5) is 0. The van der Waals surface area contributed by atoms with Crippen LogP contribution in [0.15, 0.2) is 11.6 Å². The zero-order valence-corrected chi connectivity index (χ0v) is 9.93. The molecule has 2 heteroatoms. The molecular weight excluding hydrogens is 172 g/mol. The summed E-state index contributed by atoms with van der Waals surface area (Å²) in [6.07, 6.45) is 4.68. The summed E-state index contributed by atoms with van der Waals surface area (Å²) in [7, 11) is 2.04.